The van der Waals surface area contributed by atoms with Gasteiger partial charge in [-0.15, -0.1) is 0 Å². The molecule has 0 saturated carbocycles. The van der Waals surface area contributed by atoms with E-state index in [1.54, 1.807) is 0 Å². The smallest absolute Gasteiger partial charge is 0.0727 e. The Morgan fingerprint density at radius 1 is 0.345 bits per heavy atom. The molecule has 0 N–H and O–H groups in total. The van der Waals surface area contributed by atoms with Gasteiger partial charge in [0.2, 0.25) is 0 Å². The van der Waals surface area contributed by atoms with Crippen LogP contribution in [-0.4, -0.2) is 4.57 Å². The number of para-hydroxylation sites is 2. The Morgan fingerprint density at radius 3 is 1.55 bits per heavy atom. The van der Waals surface area contributed by atoms with Gasteiger partial charge < -0.3 is 9.47 Å². The summed E-state index contributed by atoms with van der Waals surface area (Å²) in [7, 11) is 0. The monoisotopic (exact) mass is 698 g/mol. The molecule has 2 nitrogen and oxygen atoms in total. The molecule has 12 rings (SSSR count). The lowest BCUT2D eigenvalue weighted by Gasteiger charge is -2.39. The van der Waals surface area contributed by atoms with Crippen molar-refractivity contribution in [1.29, 1.82) is 0 Å². The summed E-state index contributed by atoms with van der Waals surface area (Å²) in [6.07, 6.45) is 0. The molecule has 0 amide bonds. The minimum Gasteiger partial charge on any atom is -0.310 e. The molecule has 9 aromatic carbocycles. The first kappa shape index (κ1) is 30.3. The van der Waals surface area contributed by atoms with Crippen LogP contribution < -0.4 is 4.90 Å². The van der Waals surface area contributed by atoms with E-state index in [4.69, 9.17) is 0 Å². The van der Waals surface area contributed by atoms with E-state index in [2.05, 4.69) is 216 Å². The summed E-state index contributed by atoms with van der Waals surface area (Å²) in [5, 5.41) is 5.24. The lowest BCUT2D eigenvalue weighted by Crippen LogP contribution is -2.31. The van der Waals surface area contributed by atoms with Gasteiger partial charge in [-0.1, -0.05) is 146 Å². The molecule has 2 aliphatic carbocycles. The molecule has 0 saturated heterocycles. The van der Waals surface area contributed by atoms with Crippen LogP contribution in [0.1, 0.15) is 22.3 Å². The van der Waals surface area contributed by atoms with Crippen LogP contribution in [0.5, 0.6) is 0 Å². The van der Waals surface area contributed by atoms with Gasteiger partial charge in [-0.3, -0.25) is 0 Å². The van der Waals surface area contributed by atoms with Crippen molar-refractivity contribution in [1.82, 2.24) is 4.57 Å². The number of hydrogen-bond acceptors (Lipinski definition) is 1. The predicted octanol–water partition coefficient (Wildman–Crippen LogP) is 13.8. The first-order valence-electron chi connectivity index (χ1n) is 19.1. The van der Waals surface area contributed by atoms with Crippen molar-refractivity contribution >= 4 is 49.6 Å². The largest absolute Gasteiger partial charge is 0.310 e. The zero-order valence-electron chi connectivity index (χ0n) is 30.0. The molecule has 0 atom stereocenters. The number of benzene rings is 9. The summed E-state index contributed by atoms with van der Waals surface area (Å²) in [6.45, 7) is 0. The van der Waals surface area contributed by atoms with Crippen LogP contribution in [0.2, 0.25) is 0 Å². The normalized spacial score (nSPS) is 13.2. The molecule has 1 aromatic heterocycles. The topological polar surface area (TPSA) is 8.17 Å². The molecule has 0 unspecified atom stereocenters. The quantitative estimate of drug-likeness (QED) is 0.174. The second kappa shape index (κ2) is 11.4. The van der Waals surface area contributed by atoms with E-state index in [1.165, 1.54) is 77.1 Å². The number of hydrogen-bond donors (Lipinski definition) is 0. The van der Waals surface area contributed by atoms with Crippen molar-refractivity contribution in [2.75, 3.05) is 4.90 Å². The Bertz CT molecular complexity index is 3040. The van der Waals surface area contributed by atoms with Crippen molar-refractivity contribution in [3.63, 3.8) is 0 Å². The molecule has 0 fully saturated rings. The molecule has 1 spiro atoms. The van der Waals surface area contributed by atoms with Crippen LogP contribution in [0.3, 0.4) is 0 Å². The molecule has 55 heavy (non-hydrogen) atoms. The lowest BCUT2D eigenvalue weighted by molar-refractivity contribution is 0.783. The second-order valence-electron chi connectivity index (χ2n) is 14.8. The Balaban J connectivity index is 1.22. The van der Waals surface area contributed by atoms with E-state index in [-0.39, 0.29) is 0 Å². The first-order valence-corrected chi connectivity index (χ1v) is 19.1. The third-order valence-electron chi connectivity index (χ3n) is 12.1. The summed E-state index contributed by atoms with van der Waals surface area (Å²) in [5.41, 5.74) is 16.9. The highest BCUT2D eigenvalue weighted by Crippen LogP contribution is 2.62. The Morgan fingerprint density at radius 2 is 0.891 bits per heavy atom. The first-order chi connectivity index (χ1) is 27.3. The number of aromatic nitrogens is 1. The van der Waals surface area contributed by atoms with E-state index >= 15 is 0 Å². The van der Waals surface area contributed by atoms with Gasteiger partial charge >= 0.3 is 0 Å². The molecule has 0 bridgehead atoms. The number of rotatable bonds is 5. The van der Waals surface area contributed by atoms with Crippen molar-refractivity contribution in [3.8, 4) is 27.9 Å². The van der Waals surface area contributed by atoms with Crippen molar-refractivity contribution in [3.05, 3.63) is 229 Å². The standard InChI is InChI=1S/C53H34N2/c1-4-15-35(16-5-1)36-27-30-40(31-28-36)55-48-26-14-25-46-51(48)52-49(55)32-29-37-33-41(54(38-17-6-2-7-18-38)39-19-8-3-9-20-39)34-47(50(37)52)53(46)44-23-12-10-21-42(44)43-22-11-13-24-45(43)53/h1-34H. The third-order valence-corrected chi connectivity index (χ3v) is 12.1. The highest BCUT2D eigenvalue weighted by atomic mass is 15.1. The van der Waals surface area contributed by atoms with Crippen LogP contribution in [0, 0.1) is 0 Å². The van der Waals surface area contributed by atoms with E-state index in [1.807, 2.05) is 0 Å². The fourth-order valence-electron chi connectivity index (χ4n) is 10.0. The summed E-state index contributed by atoms with van der Waals surface area (Å²) in [5.74, 6) is 0. The highest BCUT2D eigenvalue weighted by Gasteiger charge is 2.50. The van der Waals surface area contributed by atoms with E-state index in [0.717, 1.165) is 22.7 Å². The number of anilines is 3. The van der Waals surface area contributed by atoms with Gasteiger partial charge in [-0.05, 0) is 116 Å². The molecule has 2 heteroatoms. The molecular formula is C53H34N2. The molecule has 2 aliphatic rings. The van der Waals surface area contributed by atoms with Crippen molar-refractivity contribution in [2.24, 2.45) is 0 Å². The SMILES string of the molecule is c1ccc(-c2ccc(-n3c4cccc5c4c4c6c(cc(N(c7ccccc7)c7ccccc7)cc6ccc43)C53c4ccccc4-c4ccccc43)cc2)cc1. The zero-order chi connectivity index (χ0) is 36.1. The molecule has 10 aromatic rings. The van der Waals surface area contributed by atoms with Gasteiger partial charge in [-0.2, -0.15) is 0 Å². The van der Waals surface area contributed by atoms with Crippen LogP contribution >= 0.6 is 0 Å². The van der Waals surface area contributed by atoms with Gasteiger partial charge in [0.25, 0.3) is 0 Å². The van der Waals surface area contributed by atoms with Crippen LogP contribution in [-0.2, 0) is 5.41 Å². The van der Waals surface area contributed by atoms with Crippen LogP contribution in [0.15, 0.2) is 206 Å². The molecular weight excluding hydrogens is 665 g/mol. The Labute approximate surface area is 319 Å². The fourth-order valence-corrected chi connectivity index (χ4v) is 10.0. The average molecular weight is 699 g/mol. The molecule has 1 heterocycles. The van der Waals surface area contributed by atoms with Gasteiger partial charge in [0.05, 0.1) is 16.4 Å². The molecule has 256 valence electrons. The number of nitrogens with zero attached hydrogens (tertiary/aromatic N) is 2. The second-order valence-corrected chi connectivity index (χ2v) is 14.8. The molecule has 0 aliphatic heterocycles. The van der Waals surface area contributed by atoms with Crippen LogP contribution in [0.4, 0.5) is 17.1 Å². The number of fused-ring (bicyclic) bond motifs is 7. The maximum Gasteiger partial charge on any atom is 0.0727 e. The van der Waals surface area contributed by atoms with E-state index < -0.39 is 5.41 Å². The fraction of sp³-hybridized carbons (Fsp3) is 0.0189. The summed E-state index contributed by atoms with van der Waals surface area (Å²) >= 11 is 0. The van der Waals surface area contributed by atoms with Crippen LogP contribution in [0.25, 0.3) is 60.5 Å². The zero-order valence-corrected chi connectivity index (χ0v) is 30.0. The van der Waals surface area contributed by atoms with Crippen molar-refractivity contribution in [2.45, 2.75) is 5.41 Å². The maximum atomic E-state index is 2.51. The van der Waals surface area contributed by atoms with Gasteiger partial charge in [-0.25, -0.2) is 0 Å². The Kier molecular flexibility index (Phi) is 6.29. The summed E-state index contributed by atoms with van der Waals surface area (Å²) < 4.78 is 2.49. The predicted molar refractivity (Wildman–Crippen MR) is 229 cm³/mol. The minimum absolute atomic E-state index is 0.523. The molecule has 0 radical (unpaired) electrons. The lowest BCUT2D eigenvalue weighted by atomic mass is 9.63. The third kappa shape index (κ3) is 4.08. The van der Waals surface area contributed by atoms with Gasteiger partial charge in [0.15, 0.2) is 0 Å². The van der Waals surface area contributed by atoms with Gasteiger partial charge in [0.1, 0.15) is 0 Å². The van der Waals surface area contributed by atoms with E-state index in [9.17, 15) is 0 Å². The summed E-state index contributed by atoms with van der Waals surface area (Å²) in [6, 6.07) is 76.2. The Hall–Kier alpha value is -7.16. The van der Waals surface area contributed by atoms with Crippen molar-refractivity contribution < 1.29 is 0 Å². The van der Waals surface area contributed by atoms with E-state index in [0.29, 0.717) is 0 Å². The highest BCUT2D eigenvalue weighted by molar-refractivity contribution is 6.27. The summed E-state index contributed by atoms with van der Waals surface area (Å²) in [4.78, 5) is 2.41. The van der Waals surface area contributed by atoms with Gasteiger partial charge in [0, 0.05) is 33.5 Å². The average Bonchev–Trinajstić information content (AvgIpc) is 3.75. The maximum absolute atomic E-state index is 2.51. The minimum atomic E-state index is -0.523.